The summed E-state index contributed by atoms with van der Waals surface area (Å²) in [7, 11) is -3.95. The number of hydrogen-bond donors (Lipinski definition) is 3. The second-order valence-corrected chi connectivity index (χ2v) is 9.04. The smallest absolute Gasteiger partial charge is 0.273 e. The maximum absolute atomic E-state index is 14.4. The van der Waals surface area contributed by atoms with Crippen LogP contribution in [-0.4, -0.2) is 53.3 Å². The van der Waals surface area contributed by atoms with Gasteiger partial charge in [0.1, 0.15) is 11.6 Å². The molecule has 3 fully saturated rings. The van der Waals surface area contributed by atoms with Gasteiger partial charge in [-0.25, -0.2) is 13.9 Å². The number of carbonyl (C=O) groups excluding carboxylic acids is 2. The number of nitrogens with two attached hydrogens (primary N) is 1. The predicted molar refractivity (Wildman–Crippen MR) is 90.9 cm³/mol. The van der Waals surface area contributed by atoms with Gasteiger partial charge in [0.05, 0.1) is 11.5 Å². The van der Waals surface area contributed by atoms with Crippen molar-refractivity contribution in [3.05, 3.63) is 18.0 Å². The standard InChI is InChI=1S/C15H20F2N6O4S/c16-15(17)11(14(15)4-7-22(8-5-14)28(18,26)27)13(25)21-20-12(24)10-3-6-19-23(10)9-1-2-9/h3,6,9,11H,1-2,4-5,7-8H2,(H,20,24)(H,21,25)(H2,18,26,27)/t11-/m0/s1. The van der Waals surface area contributed by atoms with E-state index in [1.165, 1.54) is 16.9 Å². The van der Waals surface area contributed by atoms with Crippen LogP contribution in [0.2, 0.25) is 0 Å². The summed E-state index contributed by atoms with van der Waals surface area (Å²) in [5.74, 6) is -6.54. The second kappa shape index (κ2) is 6.19. The minimum atomic E-state index is -3.95. The third kappa shape index (κ3) is 2.97. The van der Waals surface area contributed by atoms with Crippen LogP contribution in [0.1, 0.15) is 42.2 Å². The molecule has 1 aliphatic heterocycles. The monoisotopic (exact) mass is 418 g/mol. The zero-order valence-corrected chi connectivity index (χ0v) is 15.6. The first-order valence-electron chi connectivity index (χ1n) is 8.87. The van der Waals surface area contributed by atoms with Crippen molar-refractivity contribution in [3.8, 4) is 0 Å². The SMILES string of the molecule is NS(=O)(=O)N1CCC2(CC1)[C@H](C(=O)NNC(=O)c1ccnn1C1CC1)C2(F)F. The van der Waals surface area contributed by atoms with E-state index in [2.05, 4.69) is 16.0 Å². The third-order valence-corrected chi connectivity index (χ3v) is 6.91. The number of halogens is 2. The quantitative estimate of drug-likeness (QED) is 0.567. The molecule has 4 N–H and O–H groups in total. The first-order chi connectivity index (χ1) is 13.1. The summed E-state index contributed by atoms with van der Waals surface area (Å²) in [6.45, 7) is -0.351. The van der Waals surface area contributed by atoms with E-state index in [9.17, 15) is 26.8 Å². The molecule has 1 spiro atoms. The van der Waals surface area contributed by atoms with E-state index >= 15 is 0 Å². The summed E-state index contributed by atoms with van der Waals surface area (Å²) >= 11 is 0. The van der Waals surface area contributed by atoms with E-state index in [1.54, 1.807) is 0 Å². The van der Waals surface area contributed by atoms with Crippen LogP contribution in [0, 0.1) is 11.3 Å². The summed E-state index contributed by atoms with van der Waals surface area (Å²) in [5.41, 5.74) is 2.86. The molecule has 0 aromatic carbocycles. The van der Waals surface area contributed by atoms with Crippen molar-refractivity contribution in [1.82, 2.24) is 24.9 Å². The Kier molecular flexibility index (Phi) is 4.25. The zero-order chi connectivity index (χ0) is 20.3. The predicted octanol–water partition coefficient (Wildman–Crippen LogP) is -0.470. The Labute approximate surface area is 159 Å². The van der Waals surface area contributed by atoms with E-state index in [-0.39, 0.29) is 37.7 Å². The average Bonchev–Trinajstić information content (AvgIpc) is 3.46. The number of aromatic nitrogens is 2. The van der Waals surface area contributed by atoms with Crippen LogP contribution >= 0.6 is 0 Å². The Hall–Kier alpha value is -2.12. The highest BCUT2D eigenvalue weighted by molar-refractivity contribution is 7.86. The number of rotatable bonds is 4. The lowest BCUT2D eigenvalue weighted by Crippen LogP contribution is -2.46. The van der Waals surface area contributed by atoms with Crippen LogP contribution in [0.25, 0.3) is 0 Å². The normalized spacial score (nSPS) is 26.0. The number of alkyl halides is 2. The van der Waals surface area contributed by atoms with Gasteiger partial charge in [0.2, 0.25) is 5.91 Å². The maximum Gasteiger partial charge on any atom is 0.287 e. The molecule has 0 bridgehead atoms. The molecule has 0 unspecified atom stereocenters. The third-order valence-electron chi connectivity index (χ3n) is 5.83. The molecule has 1 aromatic heterocycles. The highest BCUT2D eigenvalue weighted by Crippen LogP contribution is 2.70. The maximum atomic E-state index is 14.4. The van der Waals surface area contributed by atoms with Crippen molar-refractivity contribution in [2.75, 3.05) is 13.1 Å². The number of amides is 2. The van der Waals surface area contributed by atoms with Crippen LogP contribution in [-0.2, 0) is 15.0 Å². The first kappa shape index (κ1) is 19.2. The molecule has 4 rings (SSSR count). The van der Waals surface area contributed by atoms with Crippen molar-refractivity contribution >= 4 is 22.0 Å². The molecular formula is C15H20F2N6O4S. The molecule has 1 atom stereocenters. The van der Waals surface area contributed by atoms with Crippen molar-refractivity contribution < 1.29 is 26.8 Å². The Balaban J connectivity index is 1.37. The number of hydrazine groups is 1. The molecule has 10 nitrogen and oxygen atoms in total. The van der Waals surface area contributed by atoms with Gasteiger partial charge in [-0.15, -0.1) is 0 Å². The van der Waals surface area contributed by atoms with Crippen LogP contribution in [0.4, 0.5) is 8.78 Å². The fourth-order valence-corrected chi connectivity index (χ4v) is 4.74. The van der Waals surface area contributed by atoms with Crippen LogP contribution in [0.5, 0.6) is 0 Å². The largest absolute Gasteiger partial charge is 0.287 e. The lowest BCUT2D eigenvalue weighted by Gasteiger charge is -2.30. The molecule has 2 aliphatic carbocycles. The summed E-state index contributed by atoms with van der Waals surface area (Å²) in [6.07, 6.45) is 2.90. The molecule has 2 heterocycles. The fourth-order valence-electron chi connectivity index (χ4n) is 4.05. The van der Waals surface area contributed by atoms with Crippen LogP contribution in [0.3, 0.4) is 0 Å². The lowest BCUT2D eigenvalue weighted by molar-refractivity contribution is -0.125. The molecule has 2 saturated carbocycles. The summed E-state index contributed by atoms with van der Waals surface area (Å²) in [5, 5.41) is 9.07. The van der Waals surface area contributed by atoms with Gasteiger partial charge in [-0.1, -0.05) is 0 Å². The van der Waals surface area contributed by atoms with Gasteiger partial charge < -0.3 is 0 Å². The van der Waals surface area contributed by atoms with Gasteiger partial charge in [-0.05, 0) is 31.7 Å². The van der Waals surface area contributed by atoms with Crippen LogP contribution in [0.15, 0.2) is 12.3 Å². The van der Waals surface area contributed by atoms with E-state index < -0.39 is 39.3 Å². The van der Waals surface area contributed by atoms with Crippen molar-refractivity contribution in [2.45, 2.75) is 37.6 Å². The molecule has 1 aromatic rings. The molecule has 154 valence electrons. The Morgan fingerprint density at radius 2 is 1.86 bits per heavy atom. The molecular weight excluding hydrogens is 398 g/mol. The van der Waals surface area contributed by atoms with Gasteiger partial charge >= 0.3 is 0 Å². The van der Waals surface area contributed by atoms with Crippen molar-refractivity contribution in [3.63, 3.8) is 0 Å². The van der Waals surface area contributed by atoms with E-state index in [0.717, 1.165) is 17.1 Å². The summed E-state index contributed by atoms with van der Waals surface area (Å²) in [4.78, 5) is 24.5. The highest BCUT2D eigenvalue weighted by atomic mass is 32.2. The molecule has 1 saturated heterocycles. The van der Waals surface area contributed by atoms with E-state index in [0.29, 0.717) is 0 Å². The van der Waals surface area contributed by atoms with Gasteiger partial charge in [0.25, 0.3) is 22.0 Å². The fraction of sp³-hybridized carbons (Fsp3) is 0.667. The lowest BCUT2D eigenvalue weighted by atomic mass is 9.91. The Morgan fingerprint density at radius 1 is 1.21 bits per heavy atom. The molecule has 3 aliphatic rings. The van der Waals surface area contributed by atoms with Gasteiger partial charge in [-0.2, -0.15) is 17.8 Å². The molecule has 13 heteroatoms. The van der Waals surface area contributed by atoms with Gasteiger partial charge in [0, 0.05) is 19.3 Å². The highest BCUT2D eigenvalue weighted by Gasteiger charge is 2.83. The minimum Gasteiger partial charge on any atom is -0.273 e. The van der Waals surface area contributed by atoms with Gasteiger partial charge in [0.15, 0.2) is 0 Å². The Morgan fingerprint density at radius 3 is 2.43 bits per heavy atom. The molecule has 28 heavy (non-hydrogen) atoms. The molecule has 0 radical (unpaired) electrons. The van der Waals surface area contributed by atoms with Crippen LogP contribution < -0.4 is 16.0 Å². The zero-order valence-electron chi connectivity index (χ0n) is 14.8. The second-order valence-electron chi connectivity index (χ2n) is 7.49. The van der Waals surface area contributed by atoms with Crippen molar-refractivity contribution in [1.29, 1.82) is 0 Å². The number of hydrogen-bond acceptors (Lipinski definition) is 5. The number of piperidine rings is 1. The number of nitrogens with zero attached hydrogens (tertiary/aromatic N) is 3. The van der Waals surface area contributed by atoms with E-state index in [1.807, 2.05) is 0 Å². The van der Waals surface area contributed by atoms with Gasteiger partial charge in [-0.3, -0.25) is 25.1 Å². The van der Waals surface area contributed by atoms with E-state index in [4.69, 9.17) is 5.14 Å². The average molecular weight is 418 g/mol. The van der Waals surface area contributed by atoms with Crippen molar-refractivity contribution in [2.24, 2.45) is 16.5 Å². The summed E-state index contributed by atoms with van der Waals surface area (Å²) in [6, 6.07) is 1.63. The summed E-state index contributed by atoms with van der Waals surface area (Å²) < 4.78 is 54.0. The number of nitrogens with one attached hydrogen (secondary N) is 2. The topological polar surface area (TPSA) is 139 Å². The Bertz CT molecular complexity index is 921. The number of carbonyl (C=O) groups is 2. The molecule has 2 amide bonds. The first-order valence-corrected chi connectivity index (χ1v) is 10.4. The minimum absolute atomic E-state index is 0.145.